The molecular formula is C21H27N3O4S. The minimum Gasteiger partial charge on any atom is -0.332 e. The molecule has 29 heavy (non-hydrogen) atoms. The van der Waals surface area contributed by atoms with E-state index >= 15 is 0 Å². The molecule has 2 amide bonds. The predicted octanol–water partition coefficient (Wildman–Crippen LogP) is 2.54. The fraction of sp³-hybridized carbons (Fsp3) is 0.333. The minimum atomic E-state index is -3.71. The van der Waals surface area contributed by atoms with Crippen LogP contribution in [-0.2, 0) is 14.8 Å². The normalized spacial score (nSPS) is 11.2. The Bertz CT molecular complexity index is 1040. The zero-order valence-electron chi connectivity index (χ0n) is 17.6. The number of carbonyl (C=O) groups excluding carboxylic acids is 2. The highest BCUT2D eigenvalue weighted by Crippen LogP contribution is 2.22. The lowest BCUT2D eigenvalue weighted by atomic mass is 10.1. The van der Waals surface area contributed by atoms with Gasteiger partial charge in [0, 0.05) is 18.3 Å². The molecule has 0 aliphatic carbocycles. The molecule has 0 unspecified atom stereocenters. The van der Waals surface area contributed by atoms with Crippen molar-refractivity contribution in [1.82, 2.24) is 9.62 Å². The van der Waals surface area contributed by atoms with Crippen LogP contribution in [0.4, 0.5) is 5.69 Å². The van der Waals surface area contributed by atoms with Crippen molar-refractivity contribution in [3.8, 4) is 0 Å². The highest BCUT2D eigenvalue weighted by Gasteiger charge is 2.22. The van der Waals surface area contributed by atoms with Crippen LogP contribution in [0.3, 0.4) is 0 Å². The first-order valence-corrected chi connectivity index (χ1v) is 10.6. The van der Waals surface area contributed by atoms with Crippen molar-refractivity contribution in [2.75, 3.05) is 26.0 Å². The monoisotopic (exact) mass is 417 g/mol. The average molecular weight is 418 g/mol. The summed E-state index contributed by atoms with van der Waals surface area (Å²) in [6.45, 7) is 7.07. The molecule has 156 valence electrons. The molecule has 2 aromatic carbocycles. The molecule has 0 aromatic heterocycles. The molecule has 0 fully saturated rings. The molecule has 2 N–H and O–H groups in total. The lowest BCUT2D eigenvalue weighted by Crippen LogP contribution is -2.35. The number of amides is 2. The Morgan fingerprint density at radius 2 is 1.59 bits per heavy atom. The number of aryl methyl sites for hydroxylation is 3. The number of benzene rings is 2. The van der Waals surface area contributed by atoms with E-state index in [1.54, 1.807) is 19.9 Å². The minimum absolute atomic E-state index is 0.0525. The molecule has 0 saturated heterocycles. The molecule has 0 spiro atoms. The molecule has 8 heteroatoms. The summed E-state index contributed by atoms with van der Waals surface area (Å²) in [7, 11) is -0.876. The molecule has 0 atom stereocenters. The quantitative estimate of drug-likeness (QED) is 0.755. The smallest absolute Gasteiger partial charge is 0.254 e. The third-order valence-electron chi connectivity index (χ3n) is 4.90. The Kier molecular flexibility index (Phi) is 6.81. The van der Waals surface area contributed by atoms with Gasteiger partial charge in [-0.1, -0.05) is 18.2 Å². The summed E-state index contributed by atoms with van der Waals surface area (Å²) >= 11 is 0. The summed E-state index contributed by atoms with van der Waals surface area (Å²) < 4.78 is 26.8. The zero-order valence-corrected chi connectivity index (χ0v) is 18.4. The summed E-state index contributed by atoms with van der Waals surface area (Å²) in [6.07, 6.45) is 0. The maximum atomic E-state index is 12.8. The molecule has 2 aromatic rings. The number of anilines is 1. The SMILES string of the molecule is CNS(=O)(=O)c1cc(C(=O)N(C)CC(=O)Nc2c(C)cccc2C)cc(C)c1C. The molecule has 0 aliphatic rings. The number of sulfonamides is 1. The largest absolute Gasteiger partial charge is 0.332 e. The molecule has 0 radical (unpaired) electrons. The number of hydrogen-bond donors (Lipinski definition) is 2. The van der Waals surface area contributed by atoms with E-state index in [4.69, 9.17) is 0 Å². The van der Waals surface area contributed by atoms with Crippen LogP contribution in [0.15, 0.2) is 35.2 Å². The van der Waals surface area contributed by atoms with Gasteiger partial charge in [-0.15, -0.1) is 0 Å². The fourth-order valence-corrected chi connectivity index (χ4v) is 4.10. The van der Waals surface area contributed by atoms with E-state index in [9.17, 15) is 18.0 Å². The average Bonchev–Trinajstić information content (AvgIpc) is 2.66. The number of nitrogens with one attached hydrogen (secondary N) is 2. The van der Waals surface area contributed by atoms with Gasteiger partial charge in [0.15, 0.2) is 0 Å². The van der Waals surface area contributed by atoms with Gasteiger partial charge in [-0.2, -0.15) is 0 Å². The fourth-order valence-electron chi connectivity index (χ4n) is 3.04. The van der Waals surface area contributed by atoms with Crippen LogP contribution in [-0.4, -0.2) is 45.8 Å². The molecule has 2 rings (SSSR count). The Morgan fingerprint density at radius 1 is 1.00 bits per heavy atom. The van der Waals surface area contributed by atoms with Gasteiger partial charge in [-0.25, -0.2) is 13.1 Å². The van der Waals surface area contributed by atoms with Gasteiger partial charge < -0.3 is 10.2 Å². The second-order valence-electron chi connectivity index (χ2n) is 7.10. The van der Waals surface area contributed by atoms with Gasteiger partial charge in [0.25, 0.3) is 5.91 Å². The van der Waals surface area contributed by atoms with Crippen LogP contribution in [0.1, 0.15) is 32.6 Å². The third kappa shape index (κ3) is 5.02. The molecule has 7 nitrogen and oxygen atoms in total. The van der Waals surface area contributed by atoms with E-state index in [2.05, 4.69) is 10.0 Å². The Hall–Kier alpha value is -2.71. The van der Waals surface area contributed by atoms with Crippen molar-refractivity contribution in [2.24, 2.45) is 0 Å². The number of nitrogens with zero attached hydrogens (tertiary/aromatic N) is 1. The van der Waals surface area contributed by atoms with Crippen molar-refractivity contribution in [3.05, 3.63) is 58.1 Å². The molecule has 0 aliphatic heterocycles. The number of rotatable bonds is 6. The summed E-state index contributed by atoms with van der Waals surface area (Å²) in [5.74, 6) is -0.762. The van der Waals surface area contributed by atoms with Gasteiger partial charge in [0.05, 0.1) is 11.4 Å². The Morgan fingerprint density at radius 3 is 2.14 bits per heavy atom. The number of hydrogen-bond acceptors (Lipinski definition) is 4. The van der Waals surface area contributed by atoms with Gasteiger partial charge in [-0.3, -0.25) is 9.59 Å². The maximum absolute atomic E-state index is 12.8. The molecule has 0 bridgehead atoms. The summed E-state index contributed by atoms with van der Waals surface area (Å²) in [6, 6.07) is 8.68. The molecular weight excluding hydrogens is 390 g/mol. The highest BCUT2D eigenvalue weighted by atomic mass is 32.2. The number of para-hydroxylation sites is 1. The first kappa shape index (κ1) is 22.6. The van der Waals surface area contributed by atoms with Crippen molar-refractivity contribution in [3.63, 3.8) is 0 Å². The summed E-state index contributed by atoms with van der Waals surface area (Å²) in [4.78, 5) is 26.6. The van der Waals surface area contributed by atoms with Crippen LogP contribution < -0.4 is 10.0 Å². The highest BCUT2D eigenvalue weighted by molar-refractivity contribution is 7.89. The molecule has 0 saturated carbocycles. The topological polar surface area (TPSA) is 95.6 Å². The van der Waals surface area contributed by atoms with Crippen LogP contribution in [0.25, 0.3) is 0 Å². The van der Waals surface area contributed by atoms with Crippen LogP contribution in [0.5, 0.6) is 0 Å². The number of likely N-dealkylation sites (N-methyl/N-ethyl adjacent to an activating group) is 1. The van der Waals surface area contributed by atoms with E-state index < -0.39 is 15.9 Å². The Balaban J connectivity index is 2.23. The predicted molar refractivity (Wildman–Crippen MR) is 114 cm³/mol. The maximum Gasteiger partial charge on any atom is 0.254 e. The van der Waals surface area contributed by atoms with Gasteiger partial charge in [0.2, 0.25) is 15.9 Å². The van der Waals surface area contributed by atoms with E-state index in [1.165, 1.54) is 25.1 Å². The van der Waals surface area contributed by atoms with Crippen molar-refractivity contribution in [2.45, 2.75) is 32.6 Å². The second-order valence-corrected chi connectivity index (χ2v) is 8.95. The van der Waals surface area contributed by atoms with Crippen molar-refractivity contribution in [1.29, 1.82) is 0 Å². The van der Waals surface area contributed by atoms with Crippen molar-refractivity contribution < 1.29 is 18.0 Å². The Labute approximate surface area is 172 Å². The van der Waals surface area contributed by atoms with Gasteiger partial charge in [-0.05, 0) is 69.1 Å². The first-order chi connectivity index (χ1) is 13.5. The van der Waals surface area contributed by atoms with Gasteiger partial charge in [0.1, 0.15) is 0 Å². The number of carbonyl (C=O) groups is 2. The van der Waals surface area contributed by atoms with Crippen LogP contribution in [0, 0.1) is 27.7 Å². The van der Waals surface area contributed by atoms with Crippen molar-refractivity contribution >= 4 is 27.5 Å². The third-order valence-corrected chi connectivity index (χ3v) is 6.44. The van der Waals surface area contributed by atoms with E-state index in [0.29, 0.717) is 11.1 Å². The lowest BCUT2D eigenvalue weighted by molar-refractivity contribution is -0.116. The second kappa shape index (κ2) is 8.75. The summed E-state index contributed by atoms with van der Waals surface area (Å²) in [5, 5.41) is 2.84. The molecule has 0 heterocycles. The van der Waals surface area contributed by atoms with E-state index in [0.717, 1.165) is 16.8 Å². The van der Waals surface area contributed by atoms with E-state index in [-0.39, 0.29) is 22.9 Å². The van der Waals surface area contributed by atoms with Crippen LogP contribution in [0.2, 0.25) is 0 Å². The lowest BCUT2D eigenvalue weighted by Gasteiger charge is -2.19. The van der Waals surface area contributed by atoms with Crippen LogP contribution >= 0.6 is 0 Å². The van der Waals surface area contributed by atoms with E-state index in [1.807, 2.05) is 32.0 Å². The van der Waals surface area contributed by atoms with Gasteiger partial charge >= 0.3 is 0 Å². The summed E-state index contributed by atoms with van der Waals surface area (Å²) in [5.41, 5.74) is 4.06. The first-order valence-electron chi connectivity index (χ1n) is 9.14. The zero-order chi connectivity index (χ0) is 21.9. The standard InChI is InChI=1S/C21H27N3O4S/c1-13-8-7-9-14(2)20(13)23-19(25)12-24(6)21(26)17-10-15(3)16(4)18(11-17)29(27,28)22-5/h7-11,22H,12H2,1-6H3,(H,23,25).